The lowest BCUT2D eigenvalue weighted by molar-refractivity contribution is -0.0412. The number of alkyl halides is 1. The molecule has 3 unspecified atom stereocenters. The summed E-state index contributed by atoms with van der Waals surface area (Å²) in [6.45, 7) is 1.77. The zero-order valence-electron chi connectivity index (χ0n) is 28.7. The van der Waals surface area contributed by atoms with Crippen LogP contribution in [0, 0.1) is 0 Å². The predicted molar refractivity (Wildman–Crippen MR) is 203 cm³/mol. The van der Waals surface area contributed by atoms with Crippen molar-refractivity contribution < 1.29 is 21.9 Å². The summed E-state index contributed by atoms with van der Waals surface area (Å²) in [6.07, 6.45) is -0.515. The third kappa shape index (κ3) is 6.28. The number of ether oxygens (including phenoxy) is 1. The molecule has 6 heteroatoms. The van der Waals surface area contributed by atoms with Gasteiger partial charge >= 0.3 is 0 Å². The van der Waals surface area contributed by atoms with Crippen LogP contribution >= 0.6 is 0 Å². The Balaban J connectivity index is 1.70. The molecule has 0 N–H and O–H groups in total. The Labute approximate surface area is 304 Å². The van der Waals surface area contributed by atoms with E-state index in [1.54, 1.807) is 110 Å². The third-order valence-corrected chi connectivity index (χ3v) is 11.8. The summed E-state index contributed by atoms with van der Waals surface area (Å²) in [5.41, 5.74) is -3.40. The third-order valence-electron chi connectivity index (χ3n) is 9.87. The zero-order valence-corrected chi connectivity index (χ0v) is 29.5. The molecule has 0 aliphatic heterocycles. The van der Waals surface area contributed by atoms with E-state index < -0.39 is 37.8 Å². The fourth-order valence-electron chi connectivity index (χ4n) is 7.38. The number of rotatable bonds is 11. The van der Waals surface area contributed by atoms with Crippen LogP contribution in [0.4, 0.5) is 8.78 Å². The van der Waals surface area contributed by atoms with Gasteiger partial charge in [0.15, 0.2) is 5.67 Å². The summed E-state index contributed by atoms with van der Waals surface area (Å²) >= 11 is 0. The molecule has 0 saturated carbocycles. The van der Waals surface area contributed by atoms with E-state index in [2.05, 4.69) is 0 Å². The molecule has 0 spiro atoms. The highest BCUT2D eigenvalue weighted by molar-refractivity contribution is 7.95. The molecular formula is C46H38F2O3S. The topological polar surface area (TPSA) is 43.4 Å². The van der Waals surface area contributed by atoms with Gasteiger partial charge in [0.2, 0.25) is 15.4 Å². The Morgan fingerprint density at radius 3 is 1.63 bits per heavy atom. The number of hydrogen-bond donors (Lipinski definition) is 0. The van der Waals surface area contributed by atoms with Crippen molar-refractivity contribution in [2.24, 2.45) is 0 Å². The molecule has 0 saturated heterocycles. The average molecular weight is 709 g/mol. The lowest BCUT2D eigenvalue weighted by atomic mass is 9.64. The maximum Gasteiger partial charge on any atom is 0.208 e. The first-order chi connectivity index (χ1) is 25.3. The number of hydrogen-bond acceptors (Lipinski definition) is 3. The number of halogens is 2. The molecule has 1 aliphatic carbocycles. The average Bonchev–Trinajstić information content (AvgIpc) is 3.19. The highest BCUT2D eigenvalue weighted by atomic mass is 32.2. The van der Waals surface area contributed by atoms with E-state index >= 15 is 17.2 Å². The normalized spacial score (nSPS) is 19.7. The first-order valence-electron chi connectivity index (χ1n) is 17.3. The molecule has 1 aliphatic rings. The van der Waals surface area contributed by atoms with Crippen molar-refractivity contribution in [1.82, 2.24) is 0 Å². The minimum absolute atomic E-state index is 0.0962. The number of allylic oxidation sites excluding steroid dienone is 2. The van der Waals surface area contributed by atoms with Gasteiger partial charge in [0.1, 0.15) is 16.5 Å². The van der Waals surface area contributed by atoms with Gasteiger partial charge in [-0.2, -0.15) is 0 Å². The Bertz CT molecular complexity index is 2300. The van der Waals surface area contributed by atoms with Crippen molar-refractivity contribution in [3.63, 3.8) is 0 Å². The Kier molecular flexibility index (Phi) is 9.76. The van der Waals surface area contributed by atoms with Gasteiger partial charge < -0.3 is 4.74 Å². The van der Waals surface area contributed by atoms with Gasteiger partial charge in [0.25, 0.3) is 0 Å². The molecule has 0 aromatic heterocycles. The van der Waals surface area contributed by atoms with Crippen LogP contribution in [0.25, 0.3) is 0 Å². The summed E-state index contributed by atoms with van der Waals surface area (Å²) in [6, 6.07) is 52.4. The van der Waals surface area contributed by atoms with E-state index in [9.17, 15) is 0 Å². The lowest BCUT2D eigenvalue weighted by Crippen LogP contribution is -2.60. The molecule has 52 heavy (non-hydrogen) atoms. The molecule has 3 nitrogen and oxygen atoms in total. The van der Waals surface area contributed by atoms with Crippen molar-refractivity contribution in [2.75, 3.05) is 0 Å². The standard InChI is InChI=1S/C46H38F2O3S/c1-34(37-24-12-4-13-25-37)42-43(47)41(32-35-20-8-2-9-21-35)45(48,33-36-22-10-3-11-23-36)46(38-26-14-5-15-27-38,51-39-28-16-6-17-29-39)44(42)52(49,50)40-30-18-7-19-31-40/h2-31,34H,32-33H2,1H3. The van der Waals surface area contributed by atoms with Crippen LogP contribution in [0.3, 0.4) is 0 Å². The summed E-state index contributed by atoms with van der Waals surface area (Å²) in [5.74, 6) is -1.49. The van der Waals surface area contributed by atoms with Crippen LogP contribution in [-0.4, -0.2) is 14.1 Å². The largest absolute Gasteiger partial charge is 0.473 e. The monoisotopic (exact) mass is 708 g/mol. The second kappa shape index (κ2) is 14.6. The molecule has 0 fully saturated rings. The molecule has 3 atom stereocenters. The predicted octanol–water partition coefficient (Wildman–Crippen LogP) is 10.9. The smallest absolute Gasteiger partial charge is 0.208 e. The minimum atomic E-state index is -4.69. The van der Waals surface area contributed by atoms with Crippen LogP contribution < -0.4 is 4.74 Å². The Morgan fingerprint density at radius 2 is 1.08 bits per heavy atom. The number of para-hydroxylation sites is 1. The molecule has 0 heterocycles. The summed E-state index contributed by atoms with van der Waals surface area (Å²) in [4.78, 5) is -0.563. The first kappa shape index (κ1) is 34.8. The van der Waals surface area contributed by atoms with E-state index in [0.29, 0.717) is 16.7 Å². The second-order valence-corrected chi connectivity index (χ2v) is 15.0. The lowest BCUT2D eigenvalue weighted by Gasteiger charge is -2.51. The van der Waals surface area contributed by atoms with Crippen LogP contribution in [-0.2, 0) is 28.3 Å². The van der Waals surface area contributed by atoms with Crippen LogP contribution in [0.15, 0.2) is 209 Å². The van der Waals surface area contributed by atoms with Crippen molar-refractivity contribution in [1.29, 1.82) is 0 Å². The van der Waals surface area contributed by atoms with E-state index in [1.165, 1.54) is 12.1 Å². The van der Waals surface area contributed by atoms with Gasteiger partial charge in [0.05, 0.1) is 4.90 Å². The molecule has 6 aromatic rings. The van der Waals surface area contributed by atoms with E-state index in [1.807, 2.05) is 66.7 Å². The van der Waals surface area contributed by atoms with E-state index in [4.69, 9.17) is 4.74 Å². The van der Waals surface area contributed by atoms with Crippen LogP contribution in [0.1, 0.15) is 35.1 Å². The maximum absolute atomic E-state index is 20.0. The summed E-state index contributed by atoms with van der Waals surface area (Å²) in [7, 11) is -4.69. The number of benzene rings is 6. The Hall–Kier alpha value is -5.59. The van der Waals surface area contributed by atoms with Crippen molar-refractivity contribution in [2.45, 2.75) is 41.8 Å². The molecule has 6 aromatic carbocycles. The minimum Gasteiger partial charge on any atom is -0.473 e. The molecule has 0 bridgehead atoms. The summed E-state index contributed by atoms with van der Waals surface area (Å²) < 4.78 is 76.4. The molecule has 7 rings (SSSR count). The highest BCUT2D eigenvalue weighted by Crippen LogP contribution is 2.61. The van der Waals surface area contributed by atoms with Gasteiger partial charge in [-0.15, -0.1) is 0 Å². The maximum atomic E-state index is 20.0. The summed E-state index contributed by atoms with van der Waals surface area (Å²) in [5, 5.41) is 0. The van der Waals surface area contributed by atoms with Crippen molar-refractivity contribution in [3.05, 3.63) is 226 Å². The van der Waals surface area contributed by atoms with Crippen molar-refractivity contribution >= 4 is 9.84 Å². The Morgan fingerprint density at radius 1 is 0.615 bits per heavy atom. The number of sulfone groups is 1. The van der Waals surface area contributed by atoms with Crippen molar-refractivity contribution in [3.8, 4) is 5.75 Å². The van der Waals surface area contributed by atoms with E-state index in [0.717, 1.165) is 0 Å². The quantitative estimate of drug-likeness (QED) is 0.135. The van der Waals surface area contributed by atoms with Gasteiger partial charge in [-0.1, -0.05) is 165 Å². The van der Waals surface area contributed by atoms with Gasteiger partial charge in [-0.3, -0.25) is 0 Å². The fourth-order valence-corrected chi connectivity index (χ4v) is 9.38. The molecule has 0 amide bonds. The fraction of sp³-hybridized carbons (Fsp3) is 0.130. The highest BCUT2D eigenvalue weighted by Gasteiger charge is 2.67. The SMILES string of the molecule is CC(C1=C(S(=O)(=O)c2ccccc2)C(Oc2ccccc2)(c2ccccc2)C(F)(Cc2ccccc2)C(Cc2ccccc2)=C1F)c1ccccc1. The second-order valence-electron chi connectivity index (χ2n) is 13.1. The zero-order chi connectivity index (χ0) is 36.2. The van der Waals surface area contributed by atoms with Gasteiger partial charge in [-0.25, -0.2) is 17.2 Å². The molecule has 0 radical (unpaired) electrons. The van der Waals surface area contributed by atoms with Crippen LogP contribution in [0.5, 0.6) is 5.75 Å². The molecule has 260 valence electrons. The van der Waals surface area contributed by atoms with Gasteiger partial charge in [-0.05, 0) is 47.4 Å². The van der Waals surface area contributed by atoms with Crippen LogP contribution in [0.2, 0.25) is 0 Å². The van der Waals surface area contributed by atoms with E-state index in [-0.39, 0.29) is 40.2 Å². The van der Waals surface area contributed by atoms with Gasteiger partial charge in [0, 0.05) is 29.0 Å². The first-order valence-corrected chi connectivity index (χ1v) is 18.8. The molecular weight excluding hydrogens is 671 g/mol.